The van der Waals surface area contributed by atoms with Crippen molar-refractivity contribution in [3.05, 3.63) is 11.5 Å². The Hall–Kier alpha value is -1.19. The zero-order valence-corrected chi connectivity index (χ0v) is 8.32. The van der Waals surface area contributed by atoms with Crippen LogP contribution in [0.1, 0.15) is 19.8 Å². The highest BCUT2D eigenvalue weighted by Crippen LogP contribution is 2.34. The van der Waals surface area contributed by atoms with E-state index in [1.807, 2.05) is 4.90 Å². The summed E-state index contributed by atoms with van der Waals surface area (Å²) in [6.07, 6.45) is 1.91. The second kappa shape index (κ2) is 3.52. The van der Waals surface area contributed by atoms with E-state index in [4.69, 9.17) is 4.74 Å². The Morgan fingerprint density at radius 3 is 2.71 bits per heavy atom. The first-order valence-corrected chi connectivity index (χ1v) is 5.09. The van der Waals surface area contributed by atoms with Crippen LogP contribution < -0.4 is 0 Å². The lowest BCUT2D eigenvalue weighted by atomic mass is 9.88. The average Bonchev–Trinajstić information content (AvgIpc) is 2.19. The van der Waals surface area contributed by atoms with Gasteiger partial charge in [0.1, 0.15) is 5.76 Å². The van der Waals surface area contributed by atoms with Crippen molar-refractivity contribution in [1.29, 1.82) is 0 Å². The lowest BCUT2D eigenvalue weighted by Crippen LogP contribution is -2.43. The van der Waals surface area contributed by atoms with E-state index in [2.05, 4.69) is 0 Å². The summed E-state index contributed by atoms with van der Waals surface area (Å²) in [4.78, 5) is 13.4. The van der Waals surface area contributed by atoms with Gasteiger partial charge >= 0.3 is 5.97 Å². The third kappa shape index (κ3) is 1.35. The summed E-state index contributed by atoms with van der Waals surface area (Å²) in [6.45, 7) is 3.85. The van der Waals surface area contributed by atoms with Crippen LogP contribution in [-0.4, -0.2) is 35.7 Å². The lowest BCUT2D eigenvalue weighted by Gasteiger charge is -2.40. The van der Waals surface area contributed by atoms with Crippen LogP contribution in [0, 0.1) is 5.92 Å². The molecule has 0 aromatic carbocycles. The minimum absolute atomic E-state index is 0.180. The number of ether oxygens (including phenoxy) is 1. The number of piperidine rings is 1. The standard InChI is InChI=1S/C10H15NO3/c1-2-14-10(13)8-9(12)7-3-5-11(8)6-4-7/h7,12H,2-6H2,1H3. The van der Waals surface area contributed by atoms with E-state index in [1.165, 1.54) is 0 Å². The zero-order valence-electron chi connectivity index (χ0n) is 8.32. The molecule has 4 heteroatoms. The van der Waals surface area contributed by atoms with Gasteiger partial charge in [0.25, 0.3) is 0 Å². The molecule has 3 rings (SSSR count). The van der Waals surface area contributed by atoms with Crippen molar-refractivity contribution in [3.8, 4) is 0 Å². The van der Waals surface area contributed by atoms with E-state index in [9.17, 15) is 9.90 Å². The molecule has 0 unspecified atom stereocenters. The van der Waals surface area contributed by atoms with Gasteiger partial charge in [-0.25, -0.2) is 4.79 Å². The van der Waals surface area contributed by atoms with E-state index in [-0.39, 0.29) is 17.6 Å². The van der Waals surface area contributed by atoms with Crippen molar-refractivity contribution in [2.24, 2.45) is 5.92 Å². The summed E-state index contributed by atoms with van der Waals surface area (Å²) in [5.41, 5.74) is 0.398. The molecule has 3 heterocycles. The van der Waals surface area contributed by atoms with Crippen molar-refractivity contribution in [2.45, 2.75) is 19.8 Å². The maximum Gasteiger partial charge on any atom is 0.358 e. The number of nitrogens with zero attached hydrogens (tertiary/aromatic N) is 1. The topological polar surface area (TPSA) is 49.8 Å². The Kier molecular flexibility index (Phi) is 2.35. The first-order chi connectivity index (χ1) is 6.74. The molecule has 3 aliphatic heterocycles. The number of fused-ring (bicyclic) bond motifs is 2. The van der Waals surface area contributed by atoms with Gasteiger partial charge < -0.3 is 14.7 Å². The molecule has 0 spiro atoms. The second-order valence-corrected chi connectivity index (χ2v) is 3.72. The Morgan fingerprint density at radius 2 is 2.21 bits per heavy atom. The number of carbonyl (C=O) groups excluding carboxylic acids is 1. The van der Waals surface area contributed by atoms with E-state index >= 15 is 0 Å². The summed E-state index contributed by atoms with van der Waals surface area (Å²) < 4.78 is 4.91. The number of hydrogen-bond acceptors (Lipinski definition) is 4. The monoisotopic (exact) mass is 197 g/mol. The van der Waals surface area contributed by atoms with E-state index in [0.717, 1.165) is 25.9 Å². The van der Waals surface area contributed by atoms with Gasteiger partial charge in [0.2, 0.25) is 0 Å². The van der Waals surface area contributed by atoms with Gasteiger partial charge in [0.05, 0.1) is 6.61 Å². The number of esters is 1. The number of aliphatic hydroxyl groups excluding tert-OH is 1. The van der Waals surface area contributed by atoms with Crippen molar-refractivity contribution in [3.63, 3.8) is 0 Å². The minimum Gasteiger partial charge on any atom is -0.510 e. The number of carbonyl (C=O) groups is 1. The van der Waals surface area contributed by atoms with Crippen molar-refractivity contribution < 1.29 is 14.6 Å². The summed E-state index contributed by atoms with van der Waals surface area (Å²) in [7, 11) is 0. The summed E-state index contributed by atoms with van der Waals surface area (Å²) in [5, 5.41) is 9.79. The molecular formula is C10H15NO3. The van der Waals surface area contributed by atoms with Crippen molar-refractivity contribution in [1.82, 2.24) is 4.90 Å². The highest BCUT2D eigenvalue weighted by atomic mass is 16.5. The van der Waals surface area contributed by atoms with Crippen LogP contribution >= 0.6 is 0 Å². The van der Waals surface area contributed by atoms with Crippen LogP contribution in [0.5, 0.6) is 0 Å². The summed E-state index contributed by atoms with van der Waals surface area (Å²) >= 11 is 0. The van der Waals surface area contributed by atoms with Gasteiger partial charge in [-0.3, -0.25) is 0 Å². The zero-order chi connectivity index (χ0) is 10.1. The fourth-order valence-corrected chi connectivity index (χ4v) is 2.17. The predicted octanol–water partition coefficient (Wildman–Crippen LogP) is 1.04. The van der Waals surface area contributed by atoms with E-state index in [0.29, 0.717) is 12.3 Å². The largest absolute Gasteiger partial charge is 0.510 e. The van der Waals surface area contributed by atoms with E-state index in [1.54, 1.807) is 6.92 Å². The van der Waals surface area contributed by atoms with Crippen LogP contribution in [0.4, 0.5) is 0 Å². The third-order valence-corrected chi connectivity index (χ3v) is 2.91. The van der Waals surface area contributed by atoms with Gasteiger partial charge in [-0.15, -0.1) is 0 Å². The fourth-order valence-electron chi connectivity index (χ4n) is 2.17. The molecule has 1 N–H and O–H groups in total. The van der Waals surface area contributed by atoms with Crippen molar-refractivity contribution >= 4 is 5.97 Å². The smallest absolute Gasteiger partial charge is 0.358 e. The normalized spacial score (nSPS) is 21.6. The summed E-state index contributed by atoms with van der Waals surface area (Å²) in [6, 6.07) is 0. The molecule has 1 saturated heterocycles. The molecule has 0 saturated carbocycles. The molecule has 0 amide bonds. The molecule has 0 aromatic rings. The quantitative estimate of drug-likeness (QED) is 0.672. The fraction of sp³-hybridized carbons (Fsp3) is 0.700. The predicted molar refractivity (Wildman–Crippen MR) is 50.6 cm³/mol. The van der Waals surface area contributed by atoms with Gasteiger partial charge in [-0.05, 0) is 19.8 Å². The van der Waals surface area contributed by atoms with Crippen LogP contribution in [0.3, 0.4) is 0 Å². The molecule has 3 aliphatic rings. The minimum atomic E-state index is -0.380. The third-order valence-electron chi connectivity index (χ3n) is 2.91. The number of rotatable bonds is 2. The number of hydrogen-bond donors (Lipinski definition) is 1. The molecule has 0 aliphatic carbocycles. The number of allylic oxidation sites excluding steroid dienone is 1. The molecule has 0 aromatic heterocycles. The van der Waals surface area contributed by atoms with Gasteiger partial charge in [-0.2, -0.15) is 0 Å². The van der Waals surface area contributed by atoms with Crippen LogP contribution in [-0.2, 0) is 9.53 Å². The van der Waals surface area contributed by atoms with E-state index < -0.39 is 0 Å². The Labute approximate surface area is 83.2 Å². The molecule has 0 radical (unpaired) electrons. The molecule has 2 bridgehead atoms. The molecular weight excluding hydrogens is 182 g/mol. The average molecular weight is 197 g/mol. The Bertz CT molecular complexity index is 277. The van der Waals surface area contributed by atoms with Gasteiger partial charge in [-0.1, -0.05) is 0 Å². The molecule has 14 heavy (non-hydrogen) atoms. The molecule has 1 fully saturated rings. The highest BCUT2D eigenvalue weighted by Gasteiger charge is 2.37. The van der Waals surface area contributed by atoms with Crippen molar-refractivity contribution in [2.75, 3.05) is 19.7 Å². The Balaban J connectivity index is 2.23. The van der Waals surface area contributed by atoms with Crippen LogP contribution in [0.15, 0.2) is 11.5 Å². The molecule has 4 nitrogen and oxygen atoms in total. The number of aliphatic hydroxyl groups is 1. The first-order valence-electron chi connectivity index (χ1n) is 5.09. The maximum absolute atomic E-state index is 11.5. The molecule has 78 valence electrons. The van der Waals surface area contributed by atoms with Crippen LogP contribution in [0.25, 0.3) is 0 Å². The van der Waals surface area contributed by atoms with Gasteiger partial charge in [0, 0.05) is 19.0 Å². The summed E-state index contributed by atoms with van der Waals surface area (Å²) in [5.74, 6) is 0.0368. The highest BCUT2D eigenvalue weighted by molar-refractivity contribution is 5.88. The van der Waals surface area contributed by atoms with Crippen LogP contribution in [0.2, 0.25) is 0 Å². The maximum atomic E-state index is 11.5. The Morgan fingerprint density at radius 1 is 1.57 bits per heavy atom. The lowest BCUT2D eigenvalue weighted by molar-refractivity contribution is -0.141. The SMILES string of the molecule is CCOC(=O)C1=C(O)C2CCN1CC2. The van der Waals surface area contributed by atoms with Gasteiger partial charge in [0.15, 0.2) is 5.70 Å². The second-order valence-electron chi connectivity index (χ2n) is 3.72. The first kappa shape index (κ1) is 9.37. The molecule has 0 atom stereocenters.